The predicted molar refractivity (Wildman–Crippen MR) is 87.8 cm³/mol. The summed E-state index contributed by atoms with van der Waals surface area (Å²) in [6.45, 7) is 5.23. The quantitative estimate of drug-likeness (QED) is 0.895. The number of rotatable bonds is 2. The molecule has 0 spiro atoms. The zero-order chi connectivity index (χ0) is 15.9. The van der Waals surface area contributed by atoms with E-state index in [0.29, 0.717) is 18.7 Å². The van der Waals surface area contributed by atoms with E-state index in [4.69, 9.17) is 10.5 Å². The minimum absolute atomic E-state index is 0.139. The Morgan fingerprint density at radius 3 is 2.59 bits per heavy atom. The van der Waals surface area contributed by atoms with Gasteiger partial charge in [0.15, 0.2) is 0 Å². The molecule has 2 aromatic rings. The van der Waals surface area contributed by atoms with Crippen LogP contribution in [0.2, 0.25) is 0 Å². The van der Waals surface area contributed by atoms with Gasteiger partial charge < -0.3 is 15.8 Å². The summed E-state index contributed by atoms with van der Waals surface area (Å²) in [4.78, 5) is 11.2. The van der Waals surface area contributed by atoms with Gasteiger partial charge in [0.1, 0.15) is 12.4 Å². The topological polar surface area (TPSA) is 64.4 Å². The van der Waals surface area contributed by atoms with Crippen molar-refractivity contribution >= 4 is 5.91 Å². The molecule has 3 rings (SSSR count). The molecule has 0 bridgehead atoms. The van der Waals surface area contributed by atoms with Gasteiger partial charge in [-0.25, -0.2) is 0 Å². The van der Waals surface area contributed by atoms with E-state index in [1.54, 1.807) is 12.1 Å². The van der Waals surface area contributed by atoms with Gasteiger partial charge in [0.2, 0.25) is 5.91 Å². The molecule has 0 aromatic heterocycles. The Morgan fingerprint density at radius 2 is 1.91 bits per heavy atom. The predicted octanol–water partition coefficient (Wildman–Crippen LogP) is 3.04. The van der Waals surface area contributed by atoms with E-state index in [1.165, 1.54) is 5.56 Å². The van der Waals surface area contributed by atoms with E-state index in [9.17, 15) is 4.79 Å². The van der Waals surface area contributed by atoms with E-state index in [0.717, 1.165) is 11.3 Å². The molecular weight excluding hydrogens is 276 g/mol. The van der Waals surface area contributed by atoms with Gasteiger partial charge >= 0.3 is 0 Å². The van der Waals surface area contributed by atoms with Crippen molar-refractivity contribution in [3.05, 3.63) is 65.2 Å². The molecule has 3 N–H and O–H groups in total. The maximum absolute atomic E-state index is 11.2. The van der Waals surface area contributed by atoms with Crippen molar-refractivity contribution in [1.29, 1.82) is 0 Å². The number of benzene rings is 2. The lowest BCUT2D eigenvalue weighted by Crippen LogP contribution is -2.23. The number of amides is 1. The minimum Gasteiger partial charge on any atom is -0.491 e. The van der Waals surface area contributed by atoms with Gasteiger partial charge in [0.05, 0.1) is 6.04 Å². The van der Waals surface area contributed by atoms with Gasteiger partial charge in [0.25, 0.3) is 0 Å². The van der Waals surface area contributed by atoms with Crippen LogP contribution in [0.1, 0.15) is 41.4 Å². The maximum atomic E-state index is 11.2. The van der Waals surface area contributed by atoms with Crippen molar-refractivity contribution in [3.63, 3.8) is 0 Å². The number of fused-ring (bicyclic) bond motifs is 1. The highest BCUT2D eigenvalue weighted by atomic mass is 16.5. The van der Waals surface area contributed by atoms with Crippen LogP contribution < -0.4 is 15.8 Å². The van der Waals surface area contributed by atoms with Crippen LogP contribution in [0.15, 0.2) is 48.5 Å². The molecule has 1 unspecified atom stereocenters. The van der Waals surface area contributed by atoms with E-state index in [2.05, 4.69) is 17.4 Å². The fraction of sp³-hybridized carbons (Fsp3) is 0.278. The minimum atomic E-state index is -0.437. The van der Waals surface area contributed by atoms with Gasteiger partial charge in [-0.3, -0.25) is 4.79 Å². The SMILES string of the molecule is CC.NC(=O)c1ccc2c(c1)OCC(c1ccccc1)NC2. The smallest absolute Gasteiger partial charge is 0.248 e. The Hall–Kier alpha value is -2.33. The lowest BCUT2D eigenvalue weighted by atomic mass is 10.1. The summed E-state index contributed by atoms with van der Waals surface area (Å²) in [5.74, 6) is 0.292. The largest absolute Gasteiger partial charge is 0.491 e. The summed E-state index contributed by atoms with van der Waals surface area (Å²) in [5, 5.41) is 3.46. The monoisotopic (exact) mass is 298 g/mol. The number of ether oxygens (including phenoxy) is 1. The number of nitrogens with one attached hydrogen (secondary N) is 1. The molecule has 1 aliphatic rings. The number of carbonyl (C=O) groups is 1. The normalized spacial score (nSPS) is 16.4. The third-order valence-corrected chi connectivity index (χ3v) is 3.50. The van der Waals surface area contributed by atoms with Gasteiger partial charge in [-0.15, -0.1) is 0 Å². The van der Waals surface area contributed by atoms with E-state index >= 15 is 0 Å². The molecule has 0 aliphatic carbocycles. The summed E-state index contributed by atoms with van der Waals surface area (Å²) in [6, 6.07) is 15.6. The zero-order valence-corrected chi connectivity index (χ0v) is 13.0. The molecule has 0 saturated heterocycles. The molecule has 116 valence electrons. The van der Waals surface area contributed by atoms with Crippen LogP contribution in [-0.4, -0.2) is 12.5 Å². The summed E-state index contributed by atoms with van der Waals surface area (Å²) < 4.78 is 5.84. The van der Waals surface area contributed by atoms with Gasteiger partial charge in [-0.05, 0) is 17.7 Å². The van der Waals surface area contributed by atoms with Gasteiger partial charge in [-0.1, -0.05) is 50.2 Å². The first kappa shape index (κ1) is 16.0. The van der Waals surface area contributed by atoms with Crippen molar-refractivity contribution in [3.8, 4) is 5.75 Å². The molecule has 1 heterocycles. The lowest BCUT2D eigenvalue weighted by Gasteiger charge is -2.15. The fourth-order valence-electron chi connectivity index (χ4n) is 2.35. The maximum Gasteiger partial charge on any atom is 0.248 e. The lowest BCUT2D eigenvalue weighted by molar-refractivity contribution is 0.1000. The highest BCUT2D eigenvalue weighted by molar-refractivity contribution is 5.93. The van der Waals surface area contributed by atoms with Gasteiger partial charge in [0, 0.05) is 17.7 Å². The molecule has 2 aromatic carbocycles. The van der Waals surface area contributed by atoms with Crippen LogP contribution in [-0.2, 0) is 6.54 Å². The average Bonchev–Trinajstić information content (AvgIpc) is 2.79. The van der Waals surface area contributed by atoms with Crippen LogP contribution in [0.5, 0.6) is 5.75 Å². The molecule has 1 atom stereocenters. The second kappa shape index (κ2) is 7.61. The second-order valence-electron chi connectivity index (χ2n) is 4.84. The number of primary amides is 1. The first-order valence-corrected chi connectivity index (χ1v) is 7.58. The van der Waals surface area contributed by atoms with E-state index in [-0.39, 0.29) is 6.04 Å². The summed E-state index contributed by atoms with van der Waals surface area (Å²) in [5.41, 5.74) is 7.99. The third kappa shape index (κ3) is 3.65. The first-order valence-electron chi connectivity index (χ1n) is 7.58. The van der Waals surface area contributed by atoms with Crippen molar-refractivity contribution in [2.45, 2.75) is 26.4 Å². The van der Waals surface area contributed by atoms with Crippen molar-refractivity contribution in [2.75, 3.05) is 6.61 Å². The molecule has 1 aliphatic heterocycles. The van der Waals surface area contributed by atoms with Crippen LogP contribution >= 0.6 is 0 Å². The number of carbonyl (C=O) groups excluding carboxylic acids is 1. The molecule has 1 amide bonds. The first-order chi connectivity index (χ1) is 10.7. The summed E-state index contributed by atoms with van der Waals surface area (Å²) >= 11 is 0. The Bertz CT molecular complexity index is 626. The van der Waals surface area contributed by atoms with Gasteiger partial charge in [-0.2, -0.15) is 0 Å². The highest BCUT2D eigenvalue weighted by Crippen LogP contribution is 2.26. The fourth-order valence-corrected chi connectivity index (χ4v) is 2.35. The average molecular weight is 298 g/mol. The Balaban J connectivity index is 0.000000847. The number of nitrogens with two attached hydrogens (primary N) is 1. The molecule has 4 nitrogen and oxygen atoms in total. The van der Waals surface area contributed by atoms with Crippen molar-refractivity contribution in [2.24, 2.45) is 5.73 Å². The Kier molecular flexibility index (Phi) is 5.55. The van der Waals surface area contributed by atoms with Crippen molar-refractivity contribution in [1.82, 2.24) is 5.32 Å². The molecule has 0 fully saturated rings. The van der Waals surface area contributed by atoms with Crippen LogP contribution in [0.25, 0.3) is 0 Å². The molecule has 0 radical (unpaired) electrons. The van der Waals surface area contributed by atoms with Crippen LogP contribution in [0, 0.1) is 0 Å². The second-order valence-corrected chi connectivity index (χ2v) is 4.84. The number of hydrogen-bond donors (Lipinski definition) is 2. The number of hydrogen-bond acceptors (Lipinski definition) is 3. The summed E-state index contributed by atoms with van der Waals surface area (Å²) in [7, 11) is 0. The van der Waals surface area contributed by atoms with E-state index < -0.39 is 5.91 Å². The zero-order valence-electron chi connectivity index (χ0n) is 13.0. The molecule has 22 heavy (non-hydrogen) atoms. The van der Waals surface area contributed by atoms with E-state index in [1.807, 2.05) is 38.1 Å². The van der Waals surface area contributed by atoms with Crippen molar-refractivity contribution < 1.29 is 9.53 Å². The third-order valence-electron chi connectivity index (χ3n) is 3.50. The van der Waals surface area contributed by atoms with Crippen LogP contribution in [0.3, 0.4) is 0 Å². The Labute approximate surface area is 131 Å². The standard InChI is InChI=1S/C16H16N2O2.C2H6/c17-16(19)12-6-7-13-9-18-14(10-20-15(13)8-12)11-4-2-1-3-5-11;1-2/h1-8,14,18H,9-10H2,(H2,17,19);1-2H3. The Morgan fingerprint density at radius 1 is 1.18 bits per heavy atom. The molecular formula is C18H22N2O2. The molecule has 4 heteroatoms. The summed E-state index contributed by atoms with van der Waals surface area (Å²) in [6.07, 6.45) is 0. The highest BCUT2D eigenvalue weighted by Gasteiger charge is 2.18. The molecule has 0 saturated carbocycles. The van der Waals surface area contributed by atoms with Crippen LogP contribution in [0.4, 0.5) is 0 Å².